The van der Waals surface area contributed by atoms with Gasteiger partial charge in [0, 0.05) is 22.9 Å². The third-order valence-electron chi connectivity index (χ3n) is 5.09. The number of hydrogen-bond acceptors (Lipinski definition) is 4. The lowest BCUT2D eigenvalue weighted by Crippen LogP contribution is -2.06. The lowest BCUT2D eigenvalue weighted by molar-refractivity contribution is -0.145. The van der Waals surface area contributed by atoms with Crippen LogP contribution in [0.4, 0.5) is 0 Å². The van der Waals surface area contributed by atoms with Crippen LogP contribution in [0, 0.1) is 0 Å². The van der Waals surface area contributed by atoms with E-state index in [-0.39, 0.29) is 18.5 Å². The van der Waals surface area contributed by atoms with Crippen LogP contribution in [0.1, 0.15) is 102 Å². The highest BCUT2D eigenvalue weighted by Gasteiger charge is 2.07. The molecular formula is C25H38Cl2O4. The molecule has 1 rings (SSSR count). The lowest BCUT2D eigenvalue weighted by atomic mass is 10.1. The molecule has 0 heterocycles. The van der Waals surface area contributed by atoms with E-state index in [1.165, 1.54) is 44.9 Å². The molecule has 0 saturated carbocycles. The number of halogens is 2. The van der Waals surface area contributed by atoms with Crippen molar-refractivity contribution in [2.75, 3.05) is 6.61 Å². The van der Waals surface area contributed by atoms with Crippen molar-refractivity contribution in [3.63, 3.8) is 0 Å². The van der Waals surface area contributed by atoms with Gasteiger partial charge < -0.3 is 9.47 Å². The number of ether oxygens (including phenoxy) is 2. The van der Waals surface area contributed by atoms with Crippen molar-refractivity contribution in [2.45, 2.75) is 103 Å². The first-order valence-corrected chi connectivity index (χ1v) is 12.5. The van der Waals surface area contributed by atoms with Crippen molar-refractivity contribution in [1.82, 2.24) is 0 Å². The Balaban J connectivity index is 1.92. The molecule has 31 heavy (non-hydrogen) atoms. The van der Waals surface area contributed by atoms with Gasteiger partial charge in [0.25, 0.3) is 0 Å². The molecule has 1 aromatic carbocycles. The molecule has 1 aromatic rings. The van der Waals surface area contributed by atoms with Crippen LogP contribution in [0.5, 0.6) is 0 Å². The summed E-state index contributed by atoms with van der Waals surface area (Å²) in [4.78, 5) is 23.6. The SMILES string of the molecule is CCCCCCCCCCCOC(=O)CCCCCC(=O)OCc1cc(Cl)cc(Cl)c1. The second-order valence-electron chi connectivity index (χ2n) is 8.05. The maximum atomic E-state index is 11.8. The molecule has 0 spiro atoms. The van der Waals surface area contributed by atoms with Gasteiger partial charge in [-0.3, -0.25) is 9.59 Å². The summed E-state index contributed by atoms with van der Waals surface area (Å²) >= 11 is 11.9. The molecule has 4 nitrogen and oxygen atoms in total. The number of benzene rings is 1. The van der Waals surface area contributed by atoms with Gasteiger partial charge in [0.15, 0.2) is 0 Å². The van der Waals surface area contributed by atoms with Crippen LogP contribution in [0.3, 0.4) is 0 Å². The highest BCUT2D eigenvalue weighted by molar-refractivity contribution is 6.34. The van der Waals surface area contributed by atoms with Crippen molar-refractivity contribution in [1.29, 1.82) is 0 Å². The Morgan fingerprint density at radius 3 is 1.74 bits per heavy atom. The molecule has 0 aliphatic carbocycles. The molecule has 0 unspecified atom stereocenters. The molecule has 0 radical (unpaired) electrons. The Morgan fingerprint density at radius 2 is 1.16 bits per heavy atom. The molecule has 0 atom stereocenters. The van der Waals surface area contributed by atoms with Crippen LogP contribution in [0.2, 0.25) is 10.0 Å². The van der Waals surface area contributed by atoms with Gasteiger partial charge in [0.05, 0.1) is 6.61 Å². The average Bonchev–Trinajstić information content (AvgIpc) is 2.72. The van der Waals surface area contributed by atoms with Crippen molar-refractivity contribution in [3.8, 4) is 0 Å². The van der Waals surface area contributed by atoms with Gasteiger partial charge in [-0.1, -0.05) is 87.9 Å². The normalized spacial score (nSPS) is 10.8. The number of carbonyl (C=O) groups is 2. The van der Waals surface area contributed by atoms with Crippen LogP contribution < -0.4 is 0 Å². The molecule has 0 bridgehead atoms. The third kappa shape index (κ3) is 16.1. The Labute approximate surface area is 198 Å². The summed E-state index contributed by atoms with van der Waals surface area (Å²) in [6.07, 6.45) is 14.2. The zero-order valence-electron chi connectivity index (χ0n) is 18.9. The van der Waals surface area contributed by atoms with Gasteiger partial charge in [-0.2, -0.15) is 0 Å². The maximum absolute atomic E-state index is 11.8. The molecule has 0 amide bonds. The Morgan fingerprint density at radius 1 is 0.677 bits per heavy atom. The standard InChI is InChI=1S/C25H38Cl2O4/c1-2-3-4-5-6-7-8-9-13-16-30-24(28)14-11-10-12-15-25(29)31-20-21-17-22(26)19-23(27)18-21/h17-19H,2-16,20H2,1H3. The van der Waals surface area contributed by atoms with E-state index in [0.717, 1.165) is 31.2 Å². The number of carbonyl (C=O) groups excluding carboxylic acids is 2. The zero-order valence-corrected chi connectivity index (χ0v) is 20.4. The second-order valence-corrected chi connectivity index (χ2v) is 8.92. The monoisotopic (exact) mass is 472 g/mol. The largest absolute Gasteiger partial charge is 0.466 e. The molecule has 176 valence electrons. The molecule has 0 aliphatic heterocycles. The first-order chi connectivity index (χ1) is 15.0. The summed E-state index contributed by atoms with van der Waals surface area (Å²) < 4.78 is 10.5. The van der Waals surface area contributed by atoms with E-state index in [1.54, 1.807) is 18.2 Å². The zero-order chi connectivity index (χ0) is 22.7. The molecule has 0 saturated heterocycles. The second kappa shape index (κ2) is 18.3. The van der Waals surface area contributed by atoms with Crippen LogP contribution in [-0.2, 0) is 25.7 Å². The molecule has 0 aromatic heterocycles. The topological polar surface area (TPSA) is 52.6 Å². The maximum Gasteiger partial charge on any atom is 0.306 e. The fourth-order valence-corrected chi connectivity index (χ4v) is 3.89. The van der Waals surface area contributed by atoms with Gasteiger partial charge in [0.1, 0.15) is 6.61 Å². The number of rotatable bonds is 18. The van der Waals surface area contributed by atoms with Gasteiger partial charge in [-0.25, -0.2) is 0 Å². The van der Waals surface area contributed by atoms with Crippen molar-refractivity contribution in [2.24, 2.45) is 0 Å². The number of esters is 2. The summed E-state index contributed by atoms with van der Waals surface area (Å²) in [5.41, 5.74) is 0.764. The van der Waals surface area contributed by atoms with E-state index in [0.29, 0.717) is 35.9 Å². The van der Waals surface area contributed by atoms with Crippen LogP contribution in [0.25, 0.3) is 0 Å². The highest BCUT2D eigenvalue weighted by atomic mass is 35.5. The fourth-order valence-electron chi connectivity index (χ4n) is 3.32. The molecular weight excluding hydrogens is 435 g/mol. The van der Waals surface area contributed by atoms with Gasteiger partial charge in [-0.15, -0.1) is 0 Å². The lowest BCUT2D eigenvalue weighted by Gasteiger charge is -2.07. The van der Waals surface area contributed by atoms with Gasteiger partial charge >= 0.3 is 11.9 Å². The van der Waals surface area contributed by atoms with E-state index in [1.807, 2.05) is 0 Å². The number of unbranched alkanes of at least 4 members (excludes halogenated alkanes) is 10. The minimum absolute atomic E-state index is 0.139. The van der Waals surface area contributed by atoms with E-state index in [9.17, 15) is 9.59 Å². The molecule has 0 N–H and O–H groups in total. The number of hydrogen-bond donors (Lipinski definition) is 0. The Bertz CT molecular complexity index is 614. The van der Waals surface area contributed by atoms with Crippen LogP contribution >= 0.6 is 23.2 Å². The molecule has 6 heteroatoms. The predicted molar refractivity (Wildman–Crippen MR) is 128 cm³/mol. The van der Waals surface area contributed by atoms with Gasteiger partial charge in [0.2, 0.25) is 0 Å². The quantitative estimate of drug-likeness (QED) is 0.160. The third-order valence-corrected chi connectivity index (χ3v) is 5.53. The minimum Gasteiger partial charge on any atom is -0.466 e. The summed E-state index contributed by atoms with van der Waals surface area (Å²) in [5.74, 6) is -0.399. The van der Waals surface area contributed by atoms with E-state index in [4.69, 9.17) is 32.7 Å². The van der Waals surface area contributed by atoms with Gasteiger partial charge in [-0.05, 0) is 43.0 Å². The van der Waals surface area contributed by atoms with Crippen LogP contribution in [0.15, 0.2) is 18.2 Å². The highest BCUT2D eigenvalue weighted by Crippen LogP contribution is 2.20. The first kappa shape index (κ1) is 27.8. The van der Waals surface area contributed by atoms with Crippen molar-refractivity contribution in [3.05, 3.63) is 33.8 Å². The van der Waals surface area contributed by atoms with Crippen LogP contribution in [-0.4, -0.2) is 18.5 Å². The minimum atomic E-state index is -0.260. The van der Waals surface area contributed by atoms with Crippen molar-refractivity contribution >= 4 is 35.1 Å². The molecule has 0 fully saturated rings. The predicted octanol–water partition coefficient (Wildman–Crippen LogP) is 8.06. The van der Waals surface area contributed by atoms with Crippen molar-refractivity contribution < 1.29 is 19.1 Å². The Kier molecular flexibility index (Phi) is 16.4. The van der Waals surface area contributed by atoms with E-state index in [2.05, 4.69) is 6.92 Å². The average molecular weight is 473 g/mol. The summed E-state index contributed by atoms with van der Waals surface area (Å²) in [6, 6.07) is 5.08. The summed E-state index contributed by atoms with van der Waals surface area (Å²) in [6.45, 7) is 2.92. The van der Waals surface area contributed by atoms with E-state index >= 15 is 0 Å². The first-order valence-electron chi connectivity index (χ1n) is 11.8. The fraction of sp³-hybridized carbons (Fsp3) is 0.680. The summed E-state index contributed by atoms with van der Waals surface area (Å²) in [7, 11) is 0. The molecule has 0 aliphatic rings. The summed E-state index contributed by atoms with van der Waals surface area (Å²) in [5, 5.41) is 1.03. The Hall–Kier alpha value is -1.26. The smallest absolute Gasteiger partial charge is 0.306 e. The van der Waals surface area contributed by atoms with E-state index < -0.39 is 0 Å².